The molecule has 5 heteroatoms. The third-order valence-corrected chi connectivity index (χ3v) is 3.44. The summed E-state index contributed by atoms with van der Waals surface area (Å²) in [4.78, 5) is 0. The molecule has 0 spiro atoms. The van der Waals surface area contributed by atoms with E-state index in [9.17, 15) is 0 Å². The Morgan fingerprint density at radius 2 is 2.12 bits per heavy atom. The number of hydrazine groups is 1. The van der Waals surface area contributed by atoms with Gasteiger partial charge in [0.05, 0.1) is 19.3 Å². The zero-order chi connectivity index (χ0) is 11.4. The van der Waals surface area contributed by atoms with Gasteiger partial charge in [-0.2, -0.15) is 0 Å². The van der Waals surface area contributed by atoms with Crippen LogP contribution in [0.5, 0.6) is 0 Å². The molecule has 2 aliphatic rings. The Morgan fingerprint density at radius 3 is 2.69 bits per heavy atom. The molecule has 1 heterocycles. The highest BCUT2D eigenvalue weighted by atomic mass is 16.5. The lowest BCUT2D eigenvalue weighted by atomic mass is 9.74. The van der Waals surface area contributed by atoms with Crippen molar-refractivity contribution in [3.63, 3.8) is 0 Å². The summed E-state index contributed by atoms with van der Waals surface area (Å²) < 4.78 is 10.9. The molecule has 16 heavy (non-hydrogen) atoms. The van der Waals surface area contributed by atoms with E-state index in [1.807, 2.05) is 6.92 Å². The zero-order valence-electron chi connectivity index (χ0n) is 10.1. The predicted octanol–water partition coefficient (Wildman–Crippen LogP) is -0.280. The Morgan fingerprint density at radius 1 is 1.44 bits per heavy atom. The van der Waals surface area contributed by atoms with Crippen molar-refractivity contribution in [3.05, 3.63) is 0 Å². The number of nitrogens with two attached hydrogens (primary N) is 1. The number of nitrogens with one attached hydrogen (secondary N) is 1. The minimum Gasteiger partial charge on any atom is -0.379 e. The van der Waals surface area contributed by atoms with Crippen LogP contribution in [0, 0.1) is 0 Å². The highest BCUT2D eigenvalue weighted by Gasteiger charge is 2.44. The van der Waals surface area contributed by atoms with Crippen LogP contribution in [0.2, 0.25) is 0 Å². The normalized spacial score (nSPS) is 36.0. The van der Waals surface area contributed by atoms with E-state index in [2.05, 4.69) is 10.4 Å². The first-order valence-electron chi connectivity index (χ1n) is 6.20. The summed E-state index contributed by atoms with van der Waals surface area (Å²) in [5.74, 6) is 0. The van der Waals surface area contributed by atoms with Gasteiger partial charge in [-0.1, -0.05) is 0 Å². The number of ether oxygens (including phenoxy) is 2. The molecule has 0 unspecified atom stereocenters. The molecule has 5 nitrogen and oxygen atoms in total. The highest BCUT2D eigenvalue weighted by molar-refractivity contribution is 5.02. The van der Waals surface area contributed by atoms with Crippen molar-refractivity contribution >= 4 is 0 Å². The molecule has 0 amide bonds. The van der Waals surface area contributed by atoms with Gasteiger partial charge < -0.3 is 15.2 Å². The van der Waals surface area contributed by atoms with Crippen LogP contribution in [0.4, 0.5) is 0 Å². The molecule has 94 valence electrons. The van der Waals surface area contributed by atoms with Gasteiger partial charge in [0, 0.05) is 31.8 Å². The summed E-state index contributed by atoms with van der Waals surface area (Å²) in [6.07, 6.45) is 2.44. The fraction of sp³-hybridized carbons (Fsp3) is 1.00. The van der Waals surface area contributed by atoms with E-state index >= 15 is 0 Å². The van der Waals surface area contributed by atoms with Crippen molar-refractivity contribution in [2.45, 2.75) is 31.4 Å². The Bertz CT molecular complexity index is 213. The predicted molar refractivity (Wildman–Crippen MR) is 62.0 cm³/mol. The summed E-state index contributed by atoms with van der Waals surface area (Å²) in [5.41, 5.74) is 9.49. The third-order valence-electron chi connectivity index (χ3n) is 3.44. The summed E-state index contributed by atoms with van der Waals surface area (Å²) in [5, 5.41) is 2.23. The van der Waals surface area contributed by atoms with Crippen LogP contribution in [0.1, 0.15) is 19.8 Å². The summed E-state index contributed by atoms with van der Waals surface area (Å²) in [7, 11) is 0. The minimum atomic E-state index is 0.0666. The van der Waals surface area contributed by atoms with Crippen molar-refractivity contribution < 1.29 is 9.47 Å². The smallest absolute Gasteiger partial charge is 0.0612 e. The lowest BCUT2D eigenvalue weighted by Crippen LogP contribution is -2.67. The van der Waals surface area contributed by atoms with Crippen LogP contribution in [0.15, 0.2) is 0 Å². The second-order valence-corrected chi connectivity index (χ2v) is 4.68. The molecular weight excluding hydrogens is 206 g/mol. The van der Waals surface area contributed by atoms with Crippen LogP contribution in [0.3, 0.4) is 0 Å². The standard InChI is InChI=1S/C11H23N3O2/c1-2-16-10-7-11(8-10,9-12)13-14-3-5-15-6-4-14/h10,13H,2-9,12H2,1H3. The molecule has 2 rings (SSSR count). The molecule has 0 aromatic heterocycles. The van der Waals surface area contributed by atoms with Crippen molar-refractivity contribution in [1.82, 2.24) is 10.4 Å². The van der Waals surface area contributed by atoms with E-state index in [0.29, 0.717) is 12.6 Å². The second kappa shape index (κ2) is 5.42. The maximum atomic E-state index is 5.87. The molecule has 0 bridgehead atoms. The monoisotopic (exact) mass is 229 g/mol. The maximum Gasteiger partial charge on any atom is 0.0612 e. The van der Waals surface area contributed by atoms with Gasteiger partial charge in [-0.15, -0.1) is 0 Å². The average molecular weight is 229 g/mol. The van der Waals surface area contributed by atoms with Gasteiger partial charge >= 0.3 is 0 Å². The van der Waals surface area contributed by atoms with Crippen molar-refractivity contribution in [2.75, 3.05) is 39.5 Å². The summed E-state index contributed by atoms with van der Waals surface area (Å²) in [6, 6.07) is 0. The SMILES string of the molecule is CCOC1CC(CN)(NN2CCOCC2)C1. The molecule has 0 aromatic carbocycles. The van der Waals surface area contributed by atoms with E-state index in [1.54, 1.807) is 0 Å². The molecule has 1 saturated carbocycles. The first-order chi connectivity index (χ1) is 7.78. The first-order valence-corrected chi connectivity index (χ1v) is 6.20. The lowest BCUT2D eigenvalue weighted by Gasteiger charge is -2.50. The van der Waals surface area contributed by atoms with Gasteiger partial charge in [0.1, 0.15) is 0 Å². The number of nitrogens with zero attached hydrogens (tertiary/aromatic N) is 1. The second-order valence-electron chi connectivity index (χ2n) is 4.68. The molecule has 3 N–H and O–H groups in total. The Hall–Kier alpha value is -0.200. The lowest BCUT2D eigenvalue weighted by molar-refractivity contribution is -0.0905. The quantitative estimate of drug-likeness (QED) is 0.679. The number of hydrogen-bond donors (Lipinski definition) is 2. The number of rotatable bonds is 5. The Balaban J connectivity index is 1.77. The Kier molecular flexibility index (Phi) is 4.16. The van der Waals surface area contributed by atoms with Crippen LogP contribution in [0.25, 0.3) is 0 Å². The van der Waals surface area contributed by atoms with Gasteiger partial charge in [-0.25, -0.2) is 10.4 Å². The molecule has 2 fully saturated rings. The van der Waals surface area contributed by atoms with Crippen LogP contribution in [-0.4, -0.2) is 56.1 Å². The zero-order valence-corrected chi connectivity index (χ0v) is 10.1. The average Bonchev–Trinajstić information content (AvgIpc) is 2.27. The first kappa shape index (κ1) is 12.3. The molecule has 1 aliphatic heterocycles. The fourth-order valence-corrected chi connectivity index (χ4v) is 2.48. The van der Waals surface area contributed by atoms with Crippen LogP contribution in [-0.2, 0) is 9.47 Å². The molecule has 0 atom stereocenters. The van der Waals surface area contributed by atoms with E-state index in [1.165, 1.54) is 0 Å². The molecule has 1 aliphatic carbocycles. The third kappa shape index (κ3) is 2.73. The van der Waals surface area contributed by atoms with Gasteiger partial charge in [0.15, 0.2) is 0 Å². The van der Waals surface area contributed by atoms with Crippen molar-refractivity contribution in [1.29, 1.82) is 0 Å². The van der Waals surface area contributed by atoms with Gasteiger partial charge in [-0.3, -0.25) is 0 Å². The van der Waals surface area contributed by atoms with E-state index < -0.39 is 0 Å². The molecule has 0 aromatic rings. The number of hydrogen-bond acceptors (Lipinski definition) is 5. The highest BCUT2D eigenvalue weighted by Crippen LogP contribution is 2.34. The van der Waals surface area contributed by atoms with E-state index in [0.717, 1.165) is 45.8 Å². The Labute approximate surface area is 97.2 Å². The molecular formula is C11H23N3O2. The maximum absolute atomic E-state index is 5.87. The van der Waals surface area contributed by atoms with Gasteiger partial charge in [0.25, 0.3) is 0 Å². The minimum absolute atomic E-state index is 0.0666. The van der Waals surface area contributed by atoms with Crippen molar-refractivity contribution in [2.24, 2.45) is 5.73 Å². The van der Waals surface area contributed by atoms with E-state index in [4.69, 9.17) is 15.2 Å². The summed E-state index contributed by atoms with van der Waals surface area (Å²) >= 11 is 0. The largest absolute Gasteiger partial charge is 0.379 e. The number of morpholine rings is 1. The van der Waals surface area contributed by atoms with Gasteiger partial charge in [-0.05, 0) is 19.8 Å². The molecule has 1 saturated heterocycles. The van der Waals surface area contributed by atoms with E-state index in [-0.39, 0.29) is 5.54 Å². The van der Waals surface area contributed by atoms with Gasteiger partial charge in [0.2, 0.25) is 0 Å². The fourth-order valence-electron chi connectivity index (χ4n) is 2.48. The van der Waals surface area contributed by atoms with Crippen LogP contribution >= 0.6 is 0 Å². The van der Waals surface area contributed by atoms with Crippen molar-refractivity contribution in [3.8, 4) is 0 Å². The van der Waals surface area contributed by atoms with Crippen LogP contribution < -0.4 is 11.2 Å². The topological polar surface area (TPSA) is 59.8 Å². The summed E-state index contributed by atoms with van der Waals surface area (Å²) in [6.45, 7) is 7.02. The molecule has 0 radical (unpaired) electrons.